The van der Waals surface area contributed by atoms with E-state index in [0.29, 0.717) is 30.2 Å². The van der Waals surface area contributed by atoms with Crippen LogP contribution in [-0.4, -0.2) is 18.3 Å². The number of alkyl halides is 1. The van der Waals surface area contributed by atoms with E-state index in [1.54, 1.807) is 0 Å². The van der Waals surface area contributed by atoms with Gasteiger partial charge in [0.2, 0.25) is 5.91 Å². The fraction of sp³-hybridized carbons (Fsp3) is 0.750. The fourth-order valence-electron chi connectivity index (χ4n) is 2.80. The minimum absolute atomic E-state index is 0.256. The molecule has 0 aromatic heterocycles. The number of nitrogens with one attached hydrogen (secondary N) is 1. The number of carbonyl (C=O) groups is 1. The molecule has 2 nitrogen and oxygen atoms in total. The zero-order valence-electron chi connectivity index (χ0n) is 8.92. The molecule has 2 unspecified atom stereocenters. The molecule has 0 aromatic rings. The van der Waals surface area contributed by atoms with Gasteiger partial charge in [0.1, 0.15) is 0 Å². The topological polar surface area (TPSA) is 29.1 Å². The summed E-state index contributed by atoms with van der Waals surface area (Å²) in [6, 6.07) is 0. The van der Waals surface area contributed by atoms with Gasteiger partial charge in [0, 0.05) is 18.3 Å². The highest BCUT2D eigenvalue weighted by atomic mass is 35.5. The molecule has 3 heteroatoms. The third-order valence-corrected chi connectivity index (χ3v) is 3.79. The van der Waals surface area contributed by atoms with Crippen molar-refractivity contribution in [3.63, 3.8) is 0 Å². The summed E-state index contributed by atoms with van der Waals surface area (Å²) in [6.45, 7) is 0.626. The maximum absolute atomic E-state index is 11.8. The number of hydrogen-bond donors (Lipinski definition) is 1. The summed E-state index contributed by atoms with van der Waals surface area (Å²) in [5.41, 5.74) is 0. The van der Waals surface area contributed by atoms with Gasteiger partial charge in [-0.1, -0.05) is 25.0 Å². The van der Waals surface area contributed by atoms with Crippen molar-refractivity contribution in [2.24, 2.45) is 17.8 Å². The smallest absolute Gasteiger partial charge is 0.223 e. The predicted molar refractivity (Wildman–Crippen MR) is 61.8 cm³/mol. The molecule has 2 rings (SSSR count). The zero-order valence-corrected chi connectivity index (χ0v) is 9.67. The third kappa shape index (κ3) is 2.54. The standard InChI is InChI=1S/C12H18ClNO/c13-7-3-4-8-14-12(15)11-9-5-1-2-6-10(9)11/h3-4,9-11H,1-2,5-8H2,(H,14,15)/b4-3+. The monoisotopic (exact) mass is 227 g/mol. The summed E-state index contributed by atoms with van der Waals surface area (Å²) in [4.78, 5) is 11.8. The first-order valence-electron chi connectivity index (χ1n) is 5.83. The number of amides is 1. The number of fused-ring (bicyclic) bond motifs is 1. The first-order chi connectivity index (χ1) is 7.34. The molecule has 2 aliphatic rings. The van der Waals surface area contributed by atoms with Gasteiger partial charge in [-0.25, -0.2) is 0 Å². The predicted octanol–water partition coefficient (Wildman–Crippen LogP) is 2.33. The van der Waals surface area contributed by atoms with Crippen LogP contribution in [0.4, 0.5) is 0 Å². The van der Waals surface area contributed by atoms with Crippen LogP contribution >= 0.6 is 11.6 Å². The Kier molecular flexibility index (Phi) is 3.68. The van der Waals surface area contributed by atoms with Crippen molar-refractivity contribution in [3.05, 3.63) is 12.2 Å². The van der Waals surface area contributed by atoms with E-state index in [4.69, 9.17) is 11.6 Å². The van der Waals surface area contributed by atoms with Crippen LogP contribution in [0.1, 0.15) is 25.7 Å². The first kappa shape index (κ1) is 11.0. The molecule has 15 heavy (non-hydrogen) atoms. The van der Waals surface area contributed by atoms with Crippen LogP contribution in [0.3, 0.4) is 0 Å². The zero-order chi connectivity index (χ0) is 10.7. The number of allylic oxidation sites excluding steroid dienone is 1. The van der Waals surface area contributed by atoms with Crippen molar-refractivity contribution in [2.75, 3.05) is 12.4 Å². The first-order valence-corrected chi connectivity index (χ1v) is 6.36. The summed E-state index contributed by atoms with van der Waals surface area (Å²) in [5.74, 6) is 2.51. The van der Waals surface area contributed by atoms with Crippen molar-refractivity contribution in [2.45, 2.75) is 25.7 Å². The van der Waals surface area contributed by atoms with E-state index in [9.17, 15) is 4.79 Å². The molecule has 2 aliphatic carbocycles. The molecule has 1 N–H and O–H groups in total. The van der Waals surface area contributed by atoms with Crippen LogP contribution in [0.5, 0.6) is 0 Å². The average Bonchev–Trinajstić information content (AvgIpc) is 2.98. The molecule has 2 atom stereocenters. The Hall–Kier alpha value is -0.500. The van der Waals surface area contributed by atoms with Gasteiger partial charge in [-0.3, -0.25) is 4.79 Å². The maximum atomic E-state index is 11.8. The lowest BCUT2D eigenvalue weighted by molar-refractivity contribution is -0.122. The van der Waals surface area contributed by atoms with E-state index in [1.165, 1.54) is 25.7 Å². The van der Waals surface area contributed by atoms with Crippen LogP contribution in [0.25, 0.3) is 0 Å². The highest BCUT2D eigenvalue weighted by Crippen LogP contribution is 2.55. The molecular weight excluding hydrogens is 210 g/mol. The molecule has 0 bridgehead atoms. The van der Waals surface area contributed by atoms with Crippen molar-refractivity contribution >= 4 is 17.5 Å². The number of hydrogen-bond acceptors (Lipinski definition) is 1. The molecule has 1 amide bonds. The Morgan fingerprint density at radius 3 is 2.53 bits per heavy atom. The molecule has 0 saturated heterocycles. The highest BCUT2D eigenvalue weighted by Gasteiger charge is 2.54. The molecule has 2 fully saturated rings. The normalized spacial score (nSPS) is 33.8. The molecule has 0 radical (unpaired) electrons. The van der Waals surface area contributed by atoms with Gasteiger partial charge < -0.3 is 5.32 Å². The van der Waals surface area contributed by atoms with Gasteiger partial charge in [0.25, 0.3) is 0 Å². The number of halogens is 1. The van der Waals surface area contributed by atoms with Crippen LogP contribution < -0.4 is 5.32 Å². The Morgan fingerprint density at radius 1 is 1.27 bits per heavy atom. The maximum Gasteiger partial charge on any atom is 0.223 e. The summed E-state index contributed by atoms with van der Waals surface area (Å²) in [5, 5.41) is 2.95. The quantitative estimate of drug-likeness (QED) is 0.580. The molecular formula is C12H18ClNO. The highest BCUT2D eigenvalue weighted by molar-refractivity contribution is 6.18. The second kappa shape index (κ2) is 5.02. The van der Waals surface area contributed by atoms with Crippen LogP contribution in [0.15, 0.2) is 12.2 Å². The third-order valence-electron chi connectivity index (χ3n) is 3.61. The van der Waals surface area contributed by atoms with E-state index in [-0.39, 0.29) is 5.91 Å². The lowest BCUT2D eigenvalue weighted by atomic mass is 10.0. The van der Waals surface area contributed by atoms with Gasteiger partial charge in [-0.15, -0.1) is 11.6 Å². The molecule has 84 valence electrons. The molecule has 2 saturated carbocycles. The lowest BCUT2D eigenvalue weighted by Crippen LogP contribution is -2.26. The SMILES string of the molecule is O=C(NC/C=C/CCl)C1C2CCCCC21. The number of rotatable bonds is 4. The van der Waals surface area contributed by atoms with Gasteiger partial charge in [-0.05, 0) is 24.7 Å². The van der Waals surface area contributed by atoms with E-state index < -0.39 is 0 Å². The Bertz CT molecular complexity index is 252. The second-order valence-electron chi connectivity index (χ2n) is 4.51. The van der Waals surface area contributed by atoms with Crippen molar-refractivity contribution in [1.82, 2.24) is 5.32 Å². The summed E-state index contributed by atoms with van der Waals surface area (Å²) in [6.07, 6.45) is 8.94. The minimum Gasteiger partial charge on any atom is -0.352 e. The van der Waals surface area contributed by atoms with Crippen LogP contribution in [-0.2, 0) is 4.79 Å². The van der Waals surface area contributed by atoms with Crippen molar-refractivity contribution < 1.29 is 4.79 Å². The Balaban J connectivity index is 1.71. The van der Waals surface area contributed by atoms with Crippen molar-refractivity contribution in [3.8, 4) is 0 Å². The number of carbonyl (C=O) groups excluding carboxylic acids is 1. The van der Waals surface area contributed by atoms with Crippen LogP contribution in [0, 0.1) is 17.8 Å². The lowest BCUT2D eigenvalue weighted by Gasteiger charge is -2.04. The average molecular weight is 228 g/mol. The second-order valence-corrected chi connectivity index (χ2v) is 4.82. The minimum atomic E-state index is 0.256. The summed E-state index contributed by atoms with van der Waals surface area (Å²) in [7, 11) is 0. The van der Waals surface area contributed by atoms with Crippen molar-refractivity contribution in [1.29, 1.82) is 0 Å². The van der Waals surface area contributed by atoms with Crippen LogP contribution in [0.2, 0.25) is 0 Å². The van der Waals surface area contributed by atoms with E-state index in [1.807, 2.05) is 12.2 Å². The van der Waals surface area contributed by atoms with E-state index >= 15 is 0 Å². The van der Waals surface area contributed by atoms with Gasteiger partial charge in [0.05, 0.1) is 0 Å². The Labute approximate surface area is 96.1 Å². The van der Waals surface area contributed by atoms with Gasteiger partial charge in [-0.2, -0.15) is 0 Å². The summed E-state index contributed by atoms with van der Waals surface area (Å²) >= 11 is 5.49. The van der Waals surface area contributed by atoms with E-state index in [0.717, 1.165) is 0 Å². The van der Waals surface area contributed by atoms with Gasteiger partial charge >= 0.3 is 0 Å². The van der Waals surface area contributed by atoms with E-state index in [2.05, 4.69) is 5.32 Å². The molecule has 0 aliphatic heterocycles. The fourth-order valence-corrected chi connectivity index (χ4v) is 2.93. The molecule has 0 aromatic carbocycles. The largest absolute Gasteiger partial charge is 0.352 e. The Morgan fingerprint density at radius 2 is 1.93 bits per heavy atom. The van der Waals surface area contributed by atoms with Gasteiger partial charge in [0.15, 0.2) is 0 Å². The molecule has 0 spiro atoms. The summed E-state index contributed by atoms with van der Waals surface area (Å²) < 4.78 is 0. The molecule has 0 heterocycles.